The first-order valence-corrected chi connectivity index (χ1v) is 5.80. The lowest BCUT2D eigenvalue weighted by molar-refractivity contribution is -0.0469. The van der Waals surface area contributed by atoms with Gasteiger partial charge in [0.1, 0.15) is 23.6 Å². The maximum Gasteiger partial charge on any atom is 0.168 e. The molecular weight excluding hydrogens is 252 g/mol. The summed E-state index contributed by atoms with van der Waals surface area (Å²) in [6.07, 6.45) is -0.323. The molecule has 9 heteroatoms. The fourth-order valence-corrected chi connectivity index (χ4v) is 2.25. The van der Waals surface area contributed by atoms with Crippen LogP contribution in [0.3, 0.4) is 0 Å². The molecule has 1 fully saturated rings. The molecular formula is C10H14N6O3. The molecule has 0 aromatic carbocycles. The zero-order valence-electron chi connectivity index (χ0n) is 9.97. The molecule has 3 rings (SSSR count). The minimum absolute atomic E-state index is 0.207. The van der Waals surface area contributed by atoms with Gasteiger partial charge in [0.2, 0.25) is 0 Å². The Hall–Kier alpha value is -1.97. The second-order valence-corrected chi connectivity index (χ2v) is 4.40. The molecule has 0 amide bonds. The molecule has 3 atom stereocenters. The average Bonchev–Trinajstić information content (AvgIpc) is 2.91. The number of hydrogen-bond donors (Lipinski definition) is 4. The molecule has 0 saturated carbocycles. The minimum atomic E-state index is -0.755. The SMILES string of the molecule is Nc1ncnc2c1c(N)nn2[C@H]1C[C@H](O)[C@@H](CO)O1. The van der Waals surface area contributed by atoms with Crippen molar-refractivity contribution in [1.82, 2.24) is 19.7 Å². The van der Waals surface area contributed by atoms with E-state index in [1.165, 1.54) is 11.0 Å². The van der Waals surface area contributed by atoms with Gasteiger partial charge < -0.3 is 26.4 Å². The summed E-state index contributed by atoms with van der Waals surface area (Å²) in [5.41, 5.74) is 12.0. The Morgan fingerprint density at radius 3 is 2.84 bits per heavy atom. The van der Waals surface area contributed by atoms with Crippen LogP contribution in [-0.4, -0.2) is 48.8 Å². The third-order valence-electron chi connectivity index (χ3n) is 3.20. The van der Waals surface area contributed by atoms with E-state index in [1.807, 2.05) is 0 Å². The Morgan fingerprint density at radius 1 is 1.37 bits per heavy atom. The lowest BCUT2D eigenvalue weighted by atomic mass is 10.2. The van der Waals surface area contributed by atoms with Crippen LogP contribution in [0.5, 0.6) is 0 Å². The van der Waals surface area contributed by atoms with Crippen molar-refractivity contribution in [2.75, 3.05) is 18.1 Å². The summed E-state index contributed by atoms with van der Waals surface area (Å²) in [5.74, 6) is 0.449. The van der Waals surface area contributed by atoms with Crippen molar-refractivity contribution in [2.24, 2.45) is 0 Å². The van der Waals surface area contributed by atoms with Gasteiger partial charge in [0, 0.05) is 6.42 Å². The highest BCUT2D eigenvalue weighted by Crippen LogP contribution is 2.32. The molecule has 102 valence electrons. The molecule has 2 aromatic heterocycles. The van der Waals surface area contributed by atoms with Crippen LogP contribution in [0, 0.1) is 0 Å². The number of fused-ring (bicyclic) bond motifs is 1. The van der Waals surface area contributed by atoms with Crippen LogP contribution >= 0.6 is 0 Å². The van der Waals surface area contributed by atoms with Gasteiger partial charge in [-0.15, -0.1) is 0 Å². The zero-order valence-corrected chi connectivity index (χ0v) is 9.97. The molecule has 6 N–H and O–H groups in total. The highest BCUT2D eigenvalue weighted by atomic mass is 16.5. The fourth-order valence-electron chi connectivity index (χ4n) is 2.25. The smallest absolute Gasteiger partial charge is 0.168 e. The summed E-state index contributed by atoms with van der Waals surface area (Å²) < 4.78 is 6.97. The number of nitrogens with zero attached hydrogens (tertiary/aromatic N) is 4. The van der Waals surface area contributed by atoms with Crippen molar-refractivity contribution >= 4 is 22.7 Å². The van der Waals surface area contributed by atoms with Gasteiger partial charge in [0.25, 0.3) is 0 Å². The summed E-state index contributed by atoms with van der Waals surface area (Å²) in [5, 5.41) is 23.4. The maximum absolute atomic E-state index is 9.74. The van der Waals surface area contributed by atoms with Crippen molar-refractivity contribution in [3.63, 3.8) is 0 Å². The van der Waals surface area contributed by atoms with Gasteiger partial charge in [-0.05, 0) is 0 Å². The van der Waals surface area contributed by atoms with Crippen LogP contribution < -0.4 is 11.5 Å². The van der Waals surface area contributed by atoms with Gasteiger partial charge >= 0.3 is 0 Å². The predicted molar refractivity (Wildman–Crippen MR) is 65.8 cm³/mol. The predicted octanol–water partition coefficient (Wildman–Crippen LogP) is -1.37. The monoisotopic (exact) mass is 266 g/mol. The molecule has 0 bridgehead atoms. The van der Waals surface area contributed by atoms with Gasteiger partial charge in [-0.2, -0.15) is 5.10 Å². The van der Waals surface area contributed by atoms with Crippen LogP contribution in [0.4, 0.5) is 11.6 Å². The van der Waals surface area contributed by atoms with Crippen molar-refractivity contribution in [2.45, 2.75) is 24.9 Å². The first-order valence-electron chi connectivity index (χ1n) is 5.80. The zero-order chi connectivity index (χ0) is 13.6. The number of nitrogens with two attached hydrogens (primary N) is 2. The molecule has 19 heavy (non-hydrogen) atoms. The molecule has 0 spiro atoms. The lowest BCUT2D eigenvalue weighted by Gasteiger charge is -2.12. The minimum Gasteiger partial charge on any atom is -0.394 e. The van der Waals surface area contributed by atoms with Crippen LogP contribution in [-0.2, 0) is 4.74 Å². The standard InChI is InChI=1S/C10H14N6O3/c11-8-7-9(12)15-16(10(7)14-3-13-8)6-1-4(18)5(2-17)19-6/h3-6,17-18H,1-2H2,(H2,12,15)(H2,11,13,14)/t4-,5+,6+/m0/s1. The summed E-state index contributed by atoms with van der Waals surface area (Å²) in [6.45, 7) is -0.260. The Morgan fingerprint density at radius 2 is 2.16 bits per heavy atom. The van der Waals surface area contributed by atoms with Gasteiger partial charge in [-0.3, -0.25) is 0 Å². The van der Waals surface area contributed by atoms with E-state index in [0.29, 0.717) is 17.5 Å². The fraction of sp³-hybridized carbons (Fsp3) is 0.500. The second-order valence-electron chi connectivity index (χ2n) is 4.40. The summed E-state index contributed by atoms with van der Waals surface area (Å²) in [4.78, 5) is 7.95. The number of nitrogen functional groups attached to an aromatic ring is 2. The largest absolute Gasteiger partial charge is 0.394 e. The first kappa shape index (κ1) is 12.1. The average molecular weight is 266 g/mol. The van der Waals surface area contributed by atoms with E-state index < -0.39 is 18.4 Å². The molecule has 0 unspecified atom stereocenters. The third kappa shape index (κ3) is 1.79. The van der Waals surface area contributed by atoms with Crippen LogP contribution in [0.15, 0.2) is 6.33 Å². The summed E-state index contributed by atoms with van der Waals surface area (Å²) in [6, 6.07) is 0. The number of rotatable bonds is 2. The number of anilines is 2. The van der Waals surface area contributed by atoms with Gasteiger partial charge in [0.15, 0.2) is 17.7 Å². The number of aliphatic hydroxyl groups excluding tert-OH is 2. The molecule has 0 aliphatic carbocycles. The molecule has 0 radical (unpaired) electrons. The van der Waals surface area contributed by atoms with Crippen LogP contribution in [0.25, 0.3) is 11.0 Å². The summed E-state index contributed by atoms with van der Waals surface area (Å²) in [7, 11) is 0. The van der Waals surface area contributed by atoms with E-state index in [-0.39, 0.29) is 18.2 Å². The molecule has 1 aliphatic rings. The third-order valence-corrected chi connectivity index (χ3v) is 3.20. The van der Waals surface area contributed by atoms with E-state index in [0.717, 1.165) is 0 Å². The van der Waals surface area contributed by atoms with E-state index >= 15 is 0 Å². The van der Waals surface area contributed by atoms with Crippen molar-refractivity contribution in [3.05, 3.63) is 6.33 Å². The van der Waals surface area contributed by atoms with Crippen LogP contribution in [0.2, 0.25) is 0 Å². The van der Waals surface area contributed by atoms with Crippen molar-refractivity contribution in [3.8, 4) is 0 Å². The number of aliphatic hydroxyl groups is 2. The van der Waals surface area contributed by atoms with E-state index in [4.69, 9.17) is 21.3 Å². The number of aromatic nitrogens is 4. The quantitative estimate of drug-likeness (QED) is 0.521. The number of hydrogen-bond acceptors (Lipinski definition) is 8. The van der Waals surface area contributed by atoms with Crippen molar-refractivity contribution in [1.29, 1.82) is 0 Å². The molecule has 3 heterocycles. The van der Waals surface area contributed by atoms with Crippen LogP contribution in [0.1, 0.15) is 12.6 Å². The molecule has 1 saturated heterocycles. The Balaban J connectivity index is 2.05. The second kappa shape index (κ2) is 4.30. The van der Waals surface area contributed by atoms with Crippen molar-refractivity contribution < 1.29 is 14.9 Å². The topological polar surface area (TPSA) is 145 Å². The van der Waals surface area contributed by atoms with Gasteiger partial charge in [0.05, 0.1) is 12.7 Å². The van der Waals surface area contributed by atoms with E-state index in [1.54, 1.807) is 0 Å². The first-order chi connectivity index (χ1) is 9.11. The van der Waals surface area contributed by atoms with Gasteiger partial charge in [-0.1, -0.05) is 0 Å². The van der Waals surface area contributed by atoms with E-state index in [9.17, 15) is 5.11 Å². The molecule has 9 nitrogen and oxygen atoms in total. The maximum atomic E-state index is 9.74. The highest BCUT2D eigenvalue weighted by Gasteiger charge is 2.36. The van der Waals surface area contributed by atoms with E-state index in [2.05, 4.69) is 15.1 Å². The Kier molecular flexibility index (Phi) is 2.73. The highest BCUT2D eigenvalue weighted by molar-refractivity contribution is 5.94. The molecule has 2 aromatic rings. The Bertz CT molecular complexity index is 615. The normalized spacial score (nSPS) is 27.2. The Labute approximate surface area is 107 Å². The van der Waals surface area contributed by atoms with Gasteiger partial charge in [-0.25, -0.2) is 14.6 Å². The lowest BCUT2D eigenvalue weighted by Crippen LogP contribution is -2.24. The number of ether oxygens (including phenoxy) is 1. The summed E-state index contributed by atoms with van der Waals surface area (Å²) >= 11 is 0. The molecule has 1 aliphatic heterocycles.